The second-order valence-electron chi connectivity index (χ2n) is 15.1. The molecule has 0 aliphatic rings. The molecule has 1 N–H and O–H groups in total. The number of ketones is 1. The van der Waals surface area contributed by atoms with E-state index in [0.29, 0.717) is 12.8 Å². The van der Waals surface area contributed by atoms with Gasteiger partial charge in [-0.15, -0.1) is 0 Å². The maximum absolute atomic E-state index is 12.0. The summed E-state index contributed by atoms with van der Waals surface area (Å²) >= 11 is 0. The van der Waals surface area contributed by atoms with Crippen LogP contribution in [0.15, 0.2) is 42.5 Å². The maximum Gasteiger partial charge on any atom is 0.235 e. The summed E-state index contributed by atoms with van der Waals surface area (Å²) in [6.45, 7) is 7.26. The minimum absolute atomic E-state index is 0.0353. The van der Waals surface area contributed by atoms with E-state index in [0.717, 1.165) is 61.4 Å². The summed E-state index contributed by atoms with van der Waals surface area (Å²) in [6, 6.07) is 14.7. The standard InChI is InChI=1S/C45H71N3O4.NO3/c1-4-39(38(2)49)32-33-44(50)46-34-23-17-13-9-5-7-11-15-19-25-36-52-37-26-20-16-12-8-6-10-14-18-24-35-48-41-29-22-21-28-40(41)47-45-42(48)30-27-31-43(45)51-3;2-1(3)4/h21-22,27-31,39H,4-20,23-26,32-37H2,1-3H3;/q;-1/p+1. The molecule has 0 saturated heterocycles. The molecule has 0 bridgehead atoms. The normalized spacial score (nSPS) is 11.6. The van der Waals surface area contributed by atoms with Gasteiger partial charge in [0.05, 0.1) is 12.2 Å². The fourth-order valence-corrected chi connectivity index (χ4v) is 7.33. The lowest BCUT2D eigenvalue weighted by Gasteiger charge is -2.11. The zero-order chi connectivity index (χ0) is 40.6. The topological polar surface area (TPSA) is 148 Å². The lowest BCUT2D eigenvalue weighted by atomic mass is 9.96. The zero-order valence-corrected chi connectivity index (χ0v) is 34.9. The number of methoxy groups -OCH3 is 1. The van der Waals surface area contributed by atoms with Crippen LogP contribution in [0.2, 0.25) is 0 Å². The largest absolute Gasteiger partial charge is 0.494 e. The van der Waals surface area contributed by atoms with Crippen LogP contribution in [0.25, 0.3) is 22.1 Å². The molecule has 0 aliphatic heterocycles. The molecule has 0 radical (unpaired) electrons. The number of carbonyl (C=O) groups excluding carboxylic acids is 2. The Labute approximate surface area is 336 Å². The molecule has 1 aromatic heterocycles. The Balaban J connectivity index is 0.00000258. The third-order valence-corrected chi connectivity index (χ3v) is 10.6. The van der Waals surface area contributed by atoms with Crippen molar-refractivity contribution in [1.82, 2.24) is 10.3 Å². The van der Waals surface area contributed by atoms with Gasteiger partial charge in [-0.05, 0) is 57.6 Å². The summed E-state index contributed by atoms with van der Waals surface area (Å²) < 4.78 is 13.9. The monoisotopic (exact) mass is 781 g/mol. The Hall–Kier alpha value is -3.86. The molecule has 56 heavy (non-hydrogen) atoms. The molecule has 11 nitrogen and oxygen atoms in total. The summed E-state index contributed by atoms with van der Waals surface area (Å²) in [5, 5.41) is 17.8. The Morgan fingerprint density at radius 3 is 1.77 bits per heavy atom. The molecular formula is C45H72N4O7. The highest BCUT2D eigenvalue weighted by Gasteiger charge is 2.18. The van der Waals surface area contributed by atoms with E-state index >= 15 is 0 Å². The van der Waals surface area contributed by atoms with Crippen LogP contribution < -0.4 is 14.6 Å². The van der Waals surface area contributed by atoms with Crippen molar-refractivity contribution in [3.05, 3.63) is 57.8 Å². The Bertz CT molecular complexity index is 1510. The SMILES string of the molecule is CCC(CCC(=O)NCCCCCCCCCCCCOCCCCCCCCCCCC[n+]1c2ccccc2nc2c(OC)cccc21)C(C)=O.O=[N+]([O-])[O-]. The quantitative estimate of drug-likeness (QED) is 0.0216. The number of rotatable bonds is 32. The molecule has 2 aromatic carbocycles. The van der Waals surface area contributed by atoms with Crippen molar-refractivity contribution in [3.63, 3.8) is 0 Å². The first-order valence-corrected chi connectivity index (χ1v) is 21.7. The van der Waals surface area contributed by atoms with Gasteiger partial charge in [0, 0.05) is 50.7 Å². The molecule has 1 atom stereocenters. The third kappa shape index (κ3) is 21.4. The van der Waals surface area contributed by atoms with Crippen LogP contribution in [0.1, 0.15) is 162 Å². The summed E-state index contributed by atoms with van der Waals surface area (Å²) in [5.74, 6) is 1.16. The number of carbonyl (C=O) groups is 2. The van der Waals surface area contributed by atoms with Gasteiger partial charge in [0.2, 0.25) is 16.9 Å². The number of aryl methyl sites for hydroxylation is 1. The highest BCUT2D eigenvalue weighted by Crippen LogP contribution is 2.24. The van der Waals surface area contributed by atoms with E-state index in [1.54, 1.807) is 14.0 Å². The minimum Gasteiger partial charge on any atom is -0.494 e. The van der Waals surface area contributed by atoms with Crippen molar-refractivity contribution < 1.29 is 28.7 Å². The van der Waals surface area contributed by atoms with Crippen molar-refractivity contribution in [2.75, 3.05) is 26.9 Å². The first-order valence-electron chi connectivity index (χ1n) is 21.7. The van der Waals surface area contributed by atoms with E-state index in [-0.39, 0.29) is 17.6 Å². The molecule has 11 heteroatoms. The number of aromatic nitrogens is 2. The van der Waals surface area contributed by atoms with Gasteiger partial charge in [0.1, 0.15) is 17.8 Å². The third-order valence-electron chi connectivity index (χ3n) is 10.6. The second kappa shape index (κ2) is 31.3. The Morgan fingerprint density at radius 1 is 0.732 bits per heavy atom. The molecule has 1 unspecified atom stereocenters. The number of para-hydroxylation sites is 3. The first kappa shape index (κ1) is 48.3. The van der Waals surface area contributed by atoms with Crippen LogP contribution in [0.3, 0.4) is 0 Å². The molecule has 1 amide bonds. The number of hydrogen-bond donors (Lipinski definition) is 1. The average molecular weight is 781 g/mol. The Kier molecular flexibility index (Phi) is 26.9. The van der Waals surface area contributed by atoms with Gasteiger partial charge >= 0.3 is 0 Å². The van der Waals surface area contributed by atoms with Gasteiger partial charge in [-0.2, -0.15) is 4.57 Å². The number of unbranched alkanes of at least 4 members (excludes halogenated alkanes) is 18. The van der Waals surface area contributed by atoms with E-state index in [2.05, 4.69) is 46.3 Å². The predicted octanol–water partition coefficient (Wildman–Crippen LogP) is 10.8. The predicted molar refractivity (Wildman–Crippen MR) is 226 cm³/mol. The molecule has 0 aliphatic carbocycles. The first-order chi connectivity index (χ1) is 27.3. The van der Waals surface area contributed by atoms with E-state index in [4.69, 9.17) is 29.8 Å². The van der Waals surface area contributed by atoms with Gasteiger partial charge in [-0.3, -0.25) is 9.59 Å². The summed E-state index contributed by atoms with van der Waals surface area (Å²) in [6.07, 6.45) is 27.6. The number of benzene rings is 2. The lowest BCUT2D eigenvalue weighted by Crippen LogP contribution is -2.36. The van der Waals surface area contributed by atoms with Gasteiger partial charge < -0.3 is 30.1 Å². The fourth-order valence-electron chi connectivity index (χ4n) is 7.33. The van der Waals surface area contributed by atoms with Crippen LogP contribution in [-0.2, 0) is 20.9 Å². The van der Waals surface area contributed by atoms with Crippen molar-refractivity contribution >= 4 is 33.8 Å². The van der Waals surface area contributed by atoms with Crippen molar-refractivity contribution in [3.8, 4) is 5.75 Å². The smallest absolute Gasteiger partial charge is 0.235 e. The molecular weight excluding hydrogens is 709 g/mol. The fraction of sp³-hybridized carbons (Fsp3) is 0.689. The molecule has 3 aromatic rings. The number of ether oxygens (including phenoxy) is 2. The zero-order valence-electron chi connectivity index (χ0n) is 34.9. The van der Waals surface area contributed by atoms with Gasteiger partial charge in [0.25, 0.3) is 0 Å². The summed E-state index contributed by atoms with van der Waals surface area (Å²) in [7, 11) is 1.72. The highest BCUT2D eigenvalue weighted by atomic mass is 16.9. The molecule has 0 spiro atoms. The maximum atomic E-state index is 12.0. The summed E-state index contributed by atoms with van der Waals surface area (Å²) in [4.78, 5) is 36.6. The number of hydrogen-bond acceptors (Lipinski definition) is 8. The average Bonchev–Trinajstić information content (AvgIpc) is 3.18. The van der Waals surface area contributed by atoms with Gasteiger partial charge in [0.15, 0.2) is 11.3 Å². The van der Waals surface area contributed by atoms with Crippen molar-refractivity contribution in [2.24, 2.45) is 5.92 Å². The van der Waals surface area contributed by atoms with Crippen LogP contribution in [0.4, 0.5) is 0 Å². The van der Waals surface area contributed by atoms with E-state index < -0.39 is 5.09 Å². The minimum atomic E-state index is -1.75. The Morgan fingerprint density at radius 2 is 1.23 bits per heavy atom. The number of nitrogens with one attached hydrogen (secondary N) is 1. The summed E-state index contributed by atoms with van der Waals surface area (Å²) in [5.41, 5.74) is 4.31. The number of nitrogens with zero attached hydrogens (tertiary/aromatic N) is 3. The van der Waals surface area contributed by atoms with Crippen LogP contribution in [0.5, 0.6) is 5.75 Å². The van der Waals surface area contributed by atoms with Crippen molar-refractivity contribution in [2.45, 2.75) is 168 Å². The molecule has 0 fully saturated rings. The van der Waals surface area contributed by atoms with Crippen LogP contribution >= 0.6 is 0 Å². The highest BCUT2D eigenvalue weighted by molar-refractivity contribution is 5.85. The van der Waals surface area contributed by atoms with Crippen LogP contribution in [0, 0.1) is 21.2 Å². The van der Waals surface area contributed by atoms with Crippen LogP contribution in [-0.4, -0.2) is 48.6 Å². The molecule has 314 valence electrons. The van der Waals surface area contributed by atoms with Gasteiger partial charge in [-0.25, -0.2) is 4.98 Å². The number of Topliss-reactive ketones (excluding diaryl/α,β-unsaturated/α-hetero) is 1. The molecule has 0 saturated carbocycles. The molecule has 3 rings (SSSR count). The van der Waals surface area contributed by atoms with Crippen molar-refractivity contribution in [1.29, 1.82) is 0 Å². The van der Waals surface area contributed by atoms with E-state index in [9.17, 15) is 9.59 Å². The molecule has 1 heterocycles. The lowest BCUT2D eigenvalue weighted by molar-refractivity contribution is -0.646. The van der Waals surface area contributed by atoms with Gasteiger partial charge in [-0.1, -0.05) is 121 Å². The van der Waals surface area contributed by atoms with E-state index in [1.165, 1.54) is 128 Å². The second-order valence-corrected chi connectivity index (χ2v) is 15.1. The number of fused-ring (bicyclic) bond motifs is 2. The van der Waals surface area contributed by atoms with E-state index in [1.807, 2.05) is 13.0 Å². The number of amides is 1.